The Kier molecular flexibility index (Phi) is 2.45. The zero-order chi connectivity index (χ0) is 12.7. The normalized spacial score (nSPS) is 24.5. The van der Waals surface area contributed by atoms with Crippen LogP contribution in [-0.4, -0.2) is 23.3 Å². The van der Waals surface area contributed by atoms with E-state index in [-0.39, 0.29) is 0 Å². The van der Waals surface area contributed by atoms with Crippen molar-refractivity contribution in [2.75, 3.05) is 13.1 Å². The van der Waals surface area contributed by atoms with E-state index in [1.807, 2.05) is 30.3 Å². The first kappa shape index (κ1) is 11.2. The van der Waals surface area contributed by atoms with E-state index >= 15 is 0 Å². The van der Waals surface area contributed by atoms with Gasteiger partial charge in [0.25, 0.3) is 0 Å². The fourth-order valence-corrected chi connectivity index (χ4v) is 3.25. The SMILES string of the molecule is c1ccc(-c2nnc(C3CC34CCNCC4)o2)cc1. The maximum absolute atomic E-state index is 5.88. The van der Waals surface area contributed by atoms with Crippen molar-refractivity contribution in [1.29, 1.82) is 0 Å². The molecular weight excluding hydrogens is 238 g/mol. The molecule has 0 radical (unpaired) electrons. The van der Waals surface area contributed by atoms with Crippen molar-refractivity contribution in [1.82, 2.24) is 15.5 Å². The number of rotatable bonds is 2. The van der Waals surface area contributed by atoms with Crippen LogP contribution in [0.3, 0.4) is 0 Å². The highest BCUT2D eigenvalue weighted by Crippen LogP contribution is 2.63. The van der Waals surface area contributed by atoms with Crippen LogP contribution in [0.5, 0.6) is 0 Å². The molecule has 1 N–H and O–H groups in total. The van der Waals surface area contributed by atoms with Crippen molar-refractivity contribution in [3.63, 3.8) is 0 Å². The van der Waals surface area contributed by atoms with Crippen molar-refractivity contribution < 1.29 is 4.42 Å². The molecule has 4 heteroatoms. The smallest absolute Gasteiger partial charge is 0.247 e. The Morgan fingerprint density at radius 3 is 2.68 bits per heavy atom. The Labute approximate surface area is 112 Å². The van der Waals surface area contributed by atoms with Gasteiger partial charge in [-0.2, -0.15) is 0 Å². The van der Waals surface area contributed by atoms with E-state index in [4.69, 9.17) is 4.42 Å². The van der Waals surface area contributed by atoms with E-state index in [0.29, 0.717) is 17.2 Å². The van der Waals surface area contributed by atoms with Crippen LogP contribution in [0.15, 0.2) is 34.7 Å². The molecule has 1 aromatic carbocycles. The van der Waals surface area contributed by atoms with E-state index in [2.05, 4.69) is 15.5 Å². The second-order valence-corrected chi connectivity index (χ2v) is 5.68. The quantitative estimate of drug-likeness (QED) is 0.896. The van der Waals surface area contributed by atoms with E-state index < -0.39 is 0 Å². The largest absolute Gasteiger partial charge is 0.420 e. The third kappa shape index (κ3) is 1.87. The summed E-state index contributed by atoms with van der Waals surface area (Å²) in [6, 6.07) is 9.98. The van der Waals surface area contributed by atoms with E-state index in [0.717, 1.165) is 24.5 Å². The van der Waals surface area contributed by atoms with E-state index in [1.165, 1.54) is 19.3 Å². The zero-order valence-electron chi connectivity index (χ0n) is 10.8. The molecule has 1 saturated carbocycles. The second-order valence-electron chi connectivity index (χ2n) is 5.68. The summed E-state index contributed by atoms with van der Waals surface area (Å²) in [5.74, 6) is 1.96. The highest BCUT2D eigenvalue weighted by molar-refractivity contribution is 5.51. The highest BCUT2D eigenvalue weighted by Gasteiger charge is 2.57. The average Bonchev–Trinajstić information content (AvgIpc) is 2.96. The molecule has 2 aromatic rings. The first-order valence-electron chi connectivity index (χ1n) is 6.97. The fourth-order valence-electron chi connectivity index (χ4n) is 3.25. The molecule has 0 amide bonds. The minimum absolute atomic E-state index is 0.450. The lowest BCUT2D eigenvalue weighted by molar-refractivity contribution is 0.328. The van der Waals surface area contributed by atoms with Gasteiger partial charge in [0.05, 0.1) is 0 Å². The number of nitrogens with one attached hydrogen (secondary N) is 1. The van der Waals surface area contributed by atoms with Crippen LogP contribution in [-0.2, 0) is 0 Å². The molecule has 1 aliphatic carbocycles. The van der Waals surface area contributed by atoms with Crippen molar-refractivity contribution in [3.05, 3.63) is 36.2 Å². The average molecular weight is 255 g/mol. The number of hydrogen-bond donors (Lipinski definition) is 1. The summed E-state index contributed by atoms with van der Waals surface area (Å²) in [6.07, 6.45) is 3.69. The van der Waals surface area contributed by atoms with Gasteiger partial charge in [-0.15, -0.1) is 10.2 Å². The molecule has 98 valence electrons. The maximum atomic E-state index is 5.88. The maximum Gasteiger partial charge on any atom is 0.247 e. The number of piperidine rings is 1. The monoisotopic (exact) mass is 255 g/mol. The Hall–Kier alpha value is -1.68. The summed E-state index contributed by atoms with van der Waals surface area (Å²) in [7, 11) is 0. The Balaban J connectivity index is 1.57. The first-order valence-corrected chi connectivity index (χ1v) is 6.97. The van der Waals surface area contributed by atoms with Crippen molar-refractivity contribution in [3.8, 4) is 11.5 Å². The second kappa shape index (κ2) is 4.17. The predicted octanol–water partition coefficient (Wildman–Crippen LogP) is 2.59. The number of hydrogen-bond acceptors (Lipinski definition) is 4. The van der Waals surface area contributed by atoms with Crippen LogP contribution < -0.4 is 5.32 Å². The summed E-state index contributed by atoms with van der Waals surface area (Å²) < 4.78 is 5.88. The Morgan fingerprint density at radius 1 is 1.11 bits per heavy atom. The number of benzene rings is 1. The Bertz CT molecular complexity index is 572. The summed E-state index contributed by atoms with van der Waals surface area (Å²) >= 11 is 0. The molecule has 1 spiro atoms. The van der Waals surface area contributed by atoms with Crippen LogP contribution in [0.1, 0.15) is 31.1 Å². The van der Waals surface area contributed by atoms with Crippen molar-refractivity contribution in [2.24, 2.45) is 5.41 Å². The van der Waals surface area contributed by atoms with Gasteiger partial charge in [0.2, 0.25) is 11.8 Å². The van der Waals surface area contributed by atoms with Gasteiger partial charge in [0.15, 0.2) is 0 Å². The van der Waals surface area contributed by atoms with Gasteiger partial charge < -0.3 is 9.73 Å². The molecule has 4 rings (SSSR count). The summed E-state index contributed by atoms with van der Waals surface area (Å²) in [4.78, 5) is 0. The molecular formula is C15H17N3O. The van der Waals surface area contributed by atoms with Crippen LogP contribution >= 0.6 is 0 Å². The Morgan fingerprint density at radius 2 is 1.89 bits per heavy atom. The summed E-state index contributed by atoms with van der Waals surface area (Å²) in [5, 5.41) is 11.9. The van der Waals surface area contributed by atoms with Gasteiger partial charge >= 0.3 is 0 Å². The van der Waals surface area contributed by atoms with Gasteiger partial charge in [-0.1, -0.05) is 18.2 Å². The molecule has 2 aliphatic rings. The third-order valence-corrected chi connectivity index (χ3v) is 4.55. The zero-order valence-corrected chi connectivity index (χ0v) is 10.8. The van der Waals surface area contributed by atoms with Gasteiger partial charge in [-0.25, -0.2) is 0 Å². The number of aromatic nitrogens is 2. The topological polar surface area (TPSA) is 51.0 Å². The fraction of sp³-hybridized carbons (Fsp3) is 0.467. The van der Waals surface area contributed by atoms with Gasteiger partial charge in [0, 0.05) is 11.5 Å². The molecule has 2 heterocycles. The first-order chi connectivity index (χ1) is 9.37. The lowest BCUT2D eigenvalue weighted by Gasteiger charge is -2.22. The minimum Gasteiger partial charge on any atom is -0.420 e. The molecule has 1 aliphatic heterocycles. The van der Waals surface area contributed by atoms with E-state index in [1.54, 1.807) is 0 Å². The molecule has 19 heavy (non-hydrogen) atoms. The lowest BCUT2D eigenvalue weighted by atomic mass is 9.92. The van der Waals surface area contributed by atoms with Crippen LogP contribution in [0.2, 0.25) is 0 Å². The standard InChI is InChI=1S/C15H17N3O/c1-2-4-11(5-3-1)13-17-18-14(19-13)12-10-15(12)6-8-16-9-7-15/h1-5,12,16H,6-10H2. The molecule has 4 nitrogen and oxygen atoms in total. The molecule has 1 atom stereocenters. The molecule has 2 fully saturated rings. The molecule has 0 bridgehead atoms. The predicted molar refractivity (Wildman–Crippen MR) is 71.6 cm³/mol. The third-order valence-electron chi connectivity index (χ3n) is 4.55. The minimum atomic E-state index is 0.450. The molecule has 1 saturated heterocycles. The van der Waals surface area contributed by atoms with Gasteiger partial charge in [-0.3, -0.25) is 0 Å². The molecule has 1 aromatic heterocycles. The summed E-state index contributed by atoms with van der Waals surface area (Å²) in [5.41, 5.74) is 1.45. The summed E-state index contributed by atoms with van der Waals surface area (Å²) in [6.45, 7) is 2.24. The lowest BCUT2D eigenvalue weighted by Crippen LogP contribution is -2.29. The highest BCUT2D eigenvalue weighted by atomic mass is 16.4. The van der Waals surface area contributed by atoms with Crippen molar-refractivity contribution in [2.45, 2.75) is 25.2 Å². The van der Waals surface area contributed by atoms with E-state index in [9.17, 15) is 0 Å². The van der Waals surface area contributed by atoms with Gasteiger partial charge in [-0.05, 0) is 49.9 Å². The van der Waals surface area contributed by atoms with Crippen molar-refractivity contribution >= 4 is 0 Å². The number of nitrogens with zero attached hydrogens (tertiary/aromatic N) is 2. The van der Waals surface area contributed by atoms with Crippen LogP contribution in [0.25, 0.3) is 11.5 Å². The van der Waals surface area contributed by atoms with Crippen LogP contribution in [0.4, 0.5) is 0 Å². The van der Waals surface area contributed by atoms with Gasteiger partial charge in [0.1, 0.15) is 0 Å². The van der Waals surface area contributed by atoms with Crippen LogP contribution in [0, 0.1) is 5.41 Å². The molecule has 1 unspecified atom stereocenters.